The van der Waals surface area contributed by atoms with E-state index in [-0.39, 0.29) is 30.5 Å². The topological polar surface area (TPSA) is 113 Å². The standard InChI is InChI=1S/C26H30F3N9O2/c1-35(26-32-24-12-19(21-3-2-10-39-21)34-38(24)25(30)33-26)4-5-36-6-8-37(9-7-36)20-13-22(17(28)11-16(20)27)40-23-15-31-14-18(23)29/h2-3,10-13,18,23,31H,4-9,14-15H2,1H3,(H2,30,32,33)/t18-,23-/m0/s1. The van der Waals surface area contributed by atoms with Crippen LogP contribution in [0.3, 0.4) is 0 Å². The van der Waals surface area contributed by atoms with Gasteiger partial charge < -0.3 is 30.0 Å². The van der Waals surface area contributed by atoms with Gasteiger partial charge in [-0.15, -0.1) is 0 Å². The number of piperazine rings is 1. The van der Waals surface area contributed by atoms with Crippen LogP contribution in [0.4, 0.5) is 30.8 Å². The number of nitrogen functional groups attached to an aromatic ring is 1. The number of benzene rings is 1. The average Bonchev–Trinajstić information content (AvgIpc) is 3.71. The van der Waals surface area contributed by atoms with Gasteiger partial charge in [0.1, 0.15) is 17.6 Å². The number of likely N-dealkylation sites (N-methyl/N-ethyl adjacent to an activating group) is 1. The second kappa shape index (κ2) is 10.8. The lowest BCUT2D eigenvalue weighted by Crippen LogP contribution is -2.48. The first-order valence-electron chi connectivity index (χ1n) is 13.1. The molecular weight excluding hydrogens is 527 g/mol. The van der Waals surface area contributed by atoms with Crippen molar-refractivity contribution in [3.05, 3.63) is 48.2 Å². The monoisotopic (exact) mass is 557 g/mol. The van der Waals surface area contributed by atoms with Gasteiger partial charge >= 0.3 is 0 Å². The molecule has 40 heavy (non-hydrogen) atoms. The maximum Gasteiger partial charge on any atom is 0.230 e. The number of nitrogens with one attached hydrogen (secondary N) is 1. The predicted molar refractivity (Wildman–Crippen MR) is 143 cm³/mol. The van der Waals surface area contributed by atoms with Crippen LogP contribution in [0.2, 0.25) is 0 Å². The van der Waals surface area contributed by atoms with E-state index in [9.17, 15) is 13.2 Å². The molecular formula is C26H30F3N9O2. The number of nitrogens with zero attached hydrogens (tertiary/aromatic N) is 7. The number of hydrogen-bond donors (Lipinski definition) is 2. The highest BCUT2D eigenvalue weighted by Crippen LogP contribution is 2.30. The Morgan fingerprint density at radius 1 is 1.12 bits per heavy atom. The van der Waals surface area contributed by atoms with Gasteiger partial charge in [-0.05, 0) is 12.1 Å². The van der Waals surface area contributed by atoms with Crippen LogP contribution in [0.5, 0.6) is 5.75 Å². The second-order valence-electron chi connectivity index (χ2n) is 9.97. The van der Waals surface area contributed by atoms with Crippen LogP contribution in [0.25, 0.3) is 17.1 Å². The highest BCUT2D eigenvalue weighted by molar-refractivity contribution is 5.61. The van der Waals surface area contributed by atoms with E-state index < -0.39 is 23.9 Å². The average molecular weight is 558 g/mol. The minimum Gasteiger partial charge on any atom is -0.483 e. The lowest BCUT2D eigenvalue weighted by molar-refractivity contribution is 0.134. The zero-order valence-electron chi connectivity index (χ0n) is 21.9. The molecule has 2 aliphatic rings. The summed E-state index contributed by atoms with van der Waals surface area (Å²) < 4.78 is 55.4. The number of nitrogens with two attached hydrogens (primary N) is 1. The molecule has 11 nitrogen and oxygen atoms in total. The molecule has 1 aromatic carbocycles. The van der Waals surface area contributed by atoms with E-state index in [1.165, 1.54) is 10.6 Å². The number of alkyl halides is 1. The quantitative estimate of drug-likeness (QED) is 0.334. The summed E-state index contributed by atoms with van der Waals surface area (Å²) >= 11 is 0. The third-order valence-corrected chi connectivity index (χ3v) is 7.28. The number of fused-ring (bicyclic) bond motifs is 1. The Morgan fingerprint density at radius 2 is 1.95 bits per heavy atom. The molecule has 0 radical (unpaired) electrons. The third kappa shape index (κ3) is 5.23. The summed E-state index contributed by atoms with van der Waals surface area (Å²) in [4.78, 5) is 15.0. The van der Waals surface area contributed by atoms with E-state index in [1.54, 1.807) is 18.4 Å². The van der Waals surface area contributed by atoms with Gasteiger partial charge in [0.15, 0.2) is 29.1 Å². The zero-order chi connectivity index (χ0) is 27.8. The fourth-order valence-electron chi connectivity index (χ4n) is 4.97. The minimum atomic E-state index is -1.24. The Morgan fingerprint density at radius 3 is 2.67 bits per heavy atom. The molecule has 0 unspecified atom stereocenters. The molecule has 3 N–H and O–H groups in total. The smallest absolute Gasteiger partial charge is 0.230 e. The number of hydrogen-bond acceptors (Lipinski definition) is 10. The molecule has 0 spiro atoms. The molecule has 2 saturated heterocycles. The van der Waals surface area contributed by atoms with Gasteiger partial charge in [-0.25, -0.2) is 13.2 Å². The van der Waals surface area contributed by atoms with E-state index in [1.807, 2.05) is 22.9 Å². The van der Waals surface area contributed by atoms with Crippen molar-refractivity contribution in [1.29, 1.82) is 0 Å². The van der Waals surface area contributed by atoms with E-state index >= 15 is 0 Å². The van der Waals surface area contributed by atoms with Crippen molar-refractivity contribution in [2.75, 3.05) is 74.9 Å². The maximum absolute atomic E-state index is 14.7. The van der Waals surface area contributed by atoms with Gasteiger partial charge in [-0.1, -0.05) is 0 Å². The van der Waals surface area contributed by atoms with Gasteiger partial charge in [0, 0.05) is 77.6 Å². The maximum atomic E-state index is 14.7. The molecule has 6 rings (SSSR count). The SMILES string of the molecule is CN(CCN1CCN(c2cc(O[C@H]3CNC[C@@H]3F)c(F)cc2F)CC1)c1nc(N)n2nc(-c3ccco3)cc2n1. The van der Waals surface area contributed by atoms with E-state index in [0.29, 0.717) is 55.8 Å². The van der Waals surface area contributed by atoms with Gasteiger partial charge in [0.25, 0.3) is 0 Å². The van der Waals surface area contributed by atoms with E-state index in [0.717, 1.165) is 12.6 Å². The first-order chi connectivity index (χ1) is 19.4. The molecule has 3 aromatic heterocycles. The number of aromatic nitrogens is 4. The molecule has 0 aliphatic carbocycles. The minimum absolute atomic E-state index is 0.137. The molecule has 4 aromatic rings. The molecule has 212 valence electrons. The van der Waals surface area contributed by atoms with Crippen molar-refractivity contribution in [3.63, 3.8) is 0 Å². The summed E-state index contributed by atoms with van der Waals surface area (Å²) in [6.07, 6.45) is -0.460. The van der Waals surface area contributed by atoms with Crippen LogP contribution >= 0.6 is 0 Å². The van der Waals surface area contributed by atoms with Gasteiger partial charge in [-0.3, -0.25) is 4.90 Å². The van der Waals surface area contributed by atoms with Crippen LogP contribution in [0, 0.1) is 11.6 Å². The first-order valence-corrected chi connectivity index (χ1v) is 13.1. The Labute approximate surface area is 228 Å². The van der Waals surface area contributed by atoms with E-state index in [4.69, 9.17) is 14.9 Å². The number of halogens is 3. The number of rotatable bonds is 8. The summed E-state index contributed by atoms with van der Waals surface area (Å²) in [6, 6.07) is 7.53. The largest absolute Gasteiger partial charge is 0.483 e. The Balaban J connectivity index is 1.06. The van der Waals surface area contributed by atoms with Crippen molar-refractivity contribution in [2.24, 2.45) is 0 Å². The second-order valence-corrected chi connectivity index (χ2v) is 9.97. The molecule has 2 aliphatic heterocycles. The Hall–Kier alpha value is -4.04. The van der Waals surface area contributed by atoms with Crippen molar-refractivity contribution in [3.8, 4) is 17.2 Å². The number of ether oxygens (including phenoxy) is 1. The molecule has 0 saturated carbocycles. The highest BCUT2D eigenvalue weighted by Gasteiger charge is 2.30. The Bertz CT molecular complexity index is 1470. The lowest BCUT2D eigenvalue weighted by Gasteiger charge is -2.37. The van der Waals surface area contributed by atoms with Crippen LogP contribution in [0.15, 0.2) is 41.0 Å². The zero-order valence-corrected chi connectivity index (χ0v) is 21.9. The summed E-state index contributed by atoms with van der Waals surface area (Å²) in [7, 11) is 1.89. The Kier molecular flexibility index (Phi) is 7.11. The summed E-state index contributed by atoms with van der Waals surface area (Å²) in [5, 5.41) is 7.28. The highest BCUT2D eigenvalue weighted by atomic mass is 19.1. The summed E-state index contributed by atoms with van der Waals surface area (Å²) in [6.45, 7) is 4.24. The van der Waals surface area contributed by atoms with Crippen molar-refractivity contribution in [1.82, 2.24) is 29.8 Å². The van der Waals surface area contributed by atoms with Crippen LogP contribution < -0.4 is 25.6 Å². The molecule has 5 heterocycles. The lowest BCUT2D eigenvalue weighted by atomic mass is 10.2. The third-order valence-electron chi connectivity index (χ3n) is 7.28. The number of anilines is 3. The van der Waals surface area contributed by atoms with Gasteiger partial charge in [0.05, 0.1) is 12.0 Å². The molecule has 2 atom stereocenters. The summed E-state index contributed by atoms with van der Waals surface area (Å²) in [5.74, 6) is -0.335. The van der Waals surface area contributed by atoms with Gasteiger partial charge in [-0.2, -0.15) is 19.6 Å². The van der Waals surface area contributed by atoms with Crippen molar-refractivity contribution in [2.45, 2.75) is 12.3 Å². The fourth-order valence-corrected chi connectivity index (χ4v) is 4.97. The van der Waals surface area contributed by atoms with Crippen LogP contribution in [-0.2, 0) is 0 Å². The molecule has 0 amide bonds. The van der Waals surface area contributed by atoms with Crippen molar-refractivity contribution >= 4 is 23.2 Å². The first kappa shape index (κ1) is 26.2. The molecule has 0 bridgehead atoms. The number of furan rings is 1. The van der Waals surface area contributed by atoms with E-state index in [2.05, 4.69) is 25.3 Å². The van der Waals surface area contributed by atoms with Crippen LogP contribution in [-0.4, -0.2) is 96.2 Å². The van der Waals surface area contributed by atoms with Crippen molar-refractivity contribution < 1.29 is 22.3 Å². The predicted octanol–water partition coefficient (Wildman–Crippen LogP) is 2.19. The normalized spacial score (nSPS) is 19.9. The molecule has 14 heteroatoms. The fraction of sp³-hybridized carbons (Fsp3) is 0.423. The van der Waals surface area contributed by atoms with Gasteiger partial charge in [0.2, 0.25) is 11.9 Å². The summed E-state index contributed by atoms with van der Waals surface area (Å²) in [5.41, 5.74) is 7.57. The van der Waals surface area contributed by atoms with Crippen LogP contribution in [0.1, 0.15) is 0 Å². The molecule has 2 fully saturated rings.